The number of piperazine rings is 1. The molecule has 1 atom stereocenters. The van der Waals surface area contributed by atoms with Crippen LogP contribution in [0.2, 0.25) is 0 Å². The molecule has 0 aromatic heterocycles. The lowest BCUT2D eigenvalue weighted by molar-refractivity contribution is -0.135. The van der Waals surface area contributed by atoms with Crippen molar-refractivity contribution in [2.45, 2.75) is 96.2 Å². The molecule has 0 bridgehead atoms. The Hall–Kier alpha value is -3.37. The molecule has 4 heterocycles. The third kappa shape index (κ3) is 8.08. The van der Waals surface area contributed by atoms with E-state index in [1.807, 2.05) is 14.7 Å². The minimum Gasteiger partial charge on any atom is -0.338 e. The lowest BCUT2D eigenvalue weighted by Gasteiger charge is -2.43. The van der Waals surface area contributed by atoms with Gasteiger partial charge in [0.2, 0.25) is 5.91 Å². The number of nitrogens with zero attached hydrogens (tertiary/aromatic N) is 5. The average molecular weight is 660 g/mol. The number of carbonyl (C=O) groups is 3. The van der Waals surface area contributed by atoms with Gasteiger partial charge in [0.05, 0.1) is 0 Å². The van der Waals surface area contributed by atoms with Crippen LogP contribution in [-0.2, 0) is 24.1 Å². The first kappa shape index (κ1) is 34.5. The Kier molecular flexibility index (Phi) is 11.4. The van der Waals surface area contributed by atoms with E-state index in [0.29, 0.717) is 45.2 Å². The highest BCUT2D eigenvalue weighted by molar-refractivity contribution is 5.87. The molecule has 1 aliphatic carbocycles. The molecule has 1 aromatic carbocycles. The maximum atomic E-state index is 14.2. The standard InChI is InChI=1S/C38H57N7O3/c1-4-29-11-10-28(26-30(29)5-2)27-35(36(46)43-24-22-42(23-25-43)32-13-17-41(3)18-14-32)40-37(47)44-19-15-33(16-20-44)45-21-12-31-8-6-7-9-34(31)39-38(45)48/h6,8,10-11,26,32-33,35H,4-5,7,9,12-25,27H2,1-3H3,(H,39,48)(H,40,47)/t35-/m1/s1. The van der Waals surface area contributed by atoms with Crippen LogP contribution in [0.5, 0.6) is 0 Å². The lowest BCUT2D eigenvalue weighted by atomic mass is 9.96. The quantitative estimate of drug-likeness (QED) is 0.438. The molecule has 0 spiro atoms. The van der Waals surface area contributed by atoms with Gasteiger partial charge in [0.1, 0.15) is 6.04 Å². The number of hydrogen-bond acceptors (Lipinski definition) is 5. The first-order chi connectivity index (χ1) is 23.3. The normalized spacial score (nSPS) is 22.7. The summed E-state index contributed by atoms with van der Waals surface area (Å²) in [6.45, 7) is 11.6. The Morgan fingerprint density at radius 3 is 2.27 bits per heavy atom. The smallest absolute Gasteiger partial charge is 0.321 e. The van der Waals surface area contributed by atoms with Gasteiger partial charge in [-0.2, -0.15) is 0 Å². The van der Waals surface area contributed by atoms with Crippen molar-refractivity contribution in [3.63, 3.8) is 0 Å². The lowest BCUT2D eigenvalue weighted by Crippen LogP contribution is -2.59. The molecule has 10 heteroatoms. The SMILES string of the molecule is CCc1ccc(C[C@@H](NC(=O)N2CCC(N3CCC4=C(CCC=C4)NC3=O)CC2)C(=O)N2CCN(C3CCN(C)CC3)CC2)cc1CC. The molecule has 0 radical (unpaired) electrons. The Labute approximate surface area is 287 Å². The van der Waals surface area contributed by atoms with Crippen LogP contribution in [0.25, 0.3) is 0 Å². The third-order valence-electron chi connectivity index (χ3n) is 11.5. The van der Waals surface area contributed by atoms with Crippen molar-refractivity contribution in [2.75, 3.05) is 66.0 Å². The number of benzene rings is 1. The summed E-state index contributed by atoms with van der Waals surface area (Å²) in [4.78, 5) is 51.9. The summed E-state index contributed by atoms with van der Waals surface area (Å²) in [5, 5.41) is 6.36. The van der Waals surface area contributed by atoms with Gasteiger partial charge in [-0.3, -0.25) is 9.69 Å². The van der Waals surface area contributed by atoms with Crippen molar-refractivity contribution >= 4 is 18.0 Å². The second kappa shape index (κ2) is 15.9. The minimum absolute atomic E-state index is 0.0136. The second-order valence-corrected chi connectivity index (χ2v) is 14.4. The number of urea groups is 2. The highest BCUT2D eigenvalue weighted by Gasteiger charge is 2.35. The average Bonchev–Trinajstić information content (AvgIpc) is 3.29. The van der Waals surface area contributed by atoms with Gasteiger partial charge in [0.15, 0.2) is 0 Å². The summed E-state index contributed by atoms with van der Waals surface area (Å²) in [5.74, 6) is 0.0191. The van der Waals surface area contributed by atoms with Gasteiger partial charge in [-0.05, 0) is 100 Å². The number of piperidine rings is 2. The molecular weight excluding hydrogens is 602 g/mol. The zero-order valence-corrected chi connectivity index (χ0v) is 29.5. The topological polar surface area (TPSA) is 91.5 Å². The van der Waals surface area contributed by atoms with E-state index in [1.54, 1.807) is 0 Å². The largest absolute Gasteiger partial charge is 0.338 e. The predicted octanol–water partition coefficient (Wildman–Crippen LogP) is 4.15. The van der Waals surface area contributed by atoms with Crippen LogP contribution in [0.4, 0.5) is 9.59 Å². The van der Waals surface area contributed by atoms with Gasteiger partial charge >= 0.3 is 12.1 Å². The fraction of sp³-hybridized carbons (Fsp3) is 0.658. The molecule has 0 unspecified atom stereocenters. The Morgan fingerprint density at radius 2 is 1.56 bits per heavy atom. The van der Waals surface area contributed by atoms with Crippen molar-refractivity contribution in [3.05, 3.63) is 58.3 Å². The summed E-state index contributed by atoms with van der Waals surface area (Å²) in [6, 6.07) is 6.42. The zero-order chi connectivity index (χ0) is 33.6. The number of carbonyl (C=O) groups excluding carboxylic acids is 3. The van der Waals surface area contributed by atoms with Crippen molar-refractivity contribution in [1.29, 1.82) is 0 Å². The zero-order valence-electron chi connectivity index (χ0n) is 29.5. The monoisotopic (exact) mass is 659 g/mol. The van der Waals surface area contributed by atoms with Crippen molar-refractivity contribution in [2.24, 2.45) is 0 Å². The van der Waals surface area contributed by atoms with Crippen molar-refractivity contribution in [1.82, 2.24) is 35.1 Å². The Bertz CT molecular complexity index is 1370. The molecular formula is C38H57N7O3. The van der Waals surface area contributed by atoms with Gasteiger partial charge in [-0.15, -0.1) is 0 Å². The molecule has 3 saturated heterocycles. The molecule has 2 N–H and O–H groups in total. The molecule has 1 aromatic rings. The number of nitrogens with one attached hydrogen (secondary N) is 2. The molecule has 5 amide bonds. The summed E-state index contributed by atoms with van der Waals surface area (Å²) in [6.07, 6.45) is 13.3. The predicted molar refractivity (Wildman–Crippen MR) is 190 cm³/mol. The number of rotatable bonds is 8. The van der Waals surface area contributed by atoms with Crippen LogP contribution in [0, 0.1) is 0 Å². The van der Waals surface area contributed by atoms with Crippen LogP contribution in [0.3, 0.4) is 0 Å². The van der Waals surface area contributed by atoms with Crippen molar-refractivity contribution < 1.29 is 14.4 Å². The highest BCUT2D eigenvalue weighted by atomic mass is 16.2. The van der Waals surface area contributed by atoms with E-state index in [0.717, 1.165) is 82.4 Å². The summed E-state index contributed by atoms with van der Waals surface area (Å²) < 4.78 is 0. The highest BCUT2D eigenvalue weighted by Crippen LogP contribution is 2.26. The van der Waals surface area contributed by atoms with Gasteiger partial charge in [0, 0.05) is 70.0 Å². The minimum atomic E-state index is -0.621. The molecule has 10 nitrogen and oxygen atoms in total. The van der Waals surface area contributed by atoms with Crippen LogP contribution < -0.4 is 10.6 Å². The Morgan fingerprint density at radius 1 is 0.854 bits per heavy atom. The number of allylic oxidation sites excluding steroid dienone is 3. The van der Waals surface area contributed by atoms with E-state index in [9.17, 15) is 14.4 Å². The summed E-state index contributed by atoms with van der Waals surface area (Å²) in [7, 11) is 2.19. The van der Waals surface area contributed by atoms with Gasteiger partial charge in [0.25, 0.3) is 0 Å². The van der Waals surface area contributed by atoms with Gasteiger partial charge in [-0.1, -0.05) is 44.2 Å². The fourth-order valence-corrected chi connectivity index (χ4v) is 8.41. The summed E-state index contributed by atoms with van der Waals surface area (Å²) in [5.41, 5.74) is 6.04. The van der Waals surface area contributed by atoms with E-state index >= 15 is 0 Å². The number of likely N-dealkylation sites (tertiary alicyclic amines) is 2. The van der Waals surface area contributed by atoms with E-state index < -0.39 is 6.04 Å². The molecule has 6 rings (SSSR count). The van der Waals surface area contributed by atoms with Crippen LogP contribution in [0.15, 0.2) is 41.6 Å². The first-order valence-electron chi connectivity index (χ1n) is 18.7. The molecule has 4 aliphatic heterocycles. The van der Waals surface area contributed by atoms with Crippen molar-refractivity contribution in [3.8, 4) is 0 Å². The van der Waals surface area contributed by atoms with E-state index in [4.69, 9.17) is 0 Å². The fourth-order valence-electron chi connectivity index (χ4n) is 8.41. The van der Waals surface area contributed by atoms with Crippen LogP contribution in [0.1, 0.15) is 75.5 Å². The number of amides is 5. The van der Waals surface area contributed by atoms with Gasteiger partial charge in [-0.25, -0.2) is 9.59 Å². The van der Waals surface area contributed by atoms with Gasteiger partial charge < -0.3 is 30.2 Å². The maximum absolute atomic E-state index is 14.2. The molecule has 0 saturated carbocycles. The molecule has 3 fully saturated rings. The van der Waals surface area contributed by atoms with E-state index in [2.05, 4.69) is 71.7 Å². The molecule has 5 aliphatic rings. The first-order valence-corrected chi connectivity index (χ1v) is 18.7. The molecule has 48 heavy (non-hydrogen) atoms. The number of hydrogen-bond donors (Lipinski definition) is 2. The van der Waals surface area contributed by atoms with Crippen LogP contribution >= 0.6 is 0 Å². The van der Waals surface area contributed by atoms with E-state index in [-0.39, 0.29) is 24.0 Å². The maximum Gasteiger partial charge on any atom is 0.321 e. The Balaban J connectivity index is 1.08. The third-order valence-corrected chi connectivity index (χ3v) is 11.5. The van der Waals surface area contributed by atoms with Crippen LogP contribution in [-0.4, -0.2) is 127 Å². The van der Waals surface area contributed by atoms with E-state index in [1.165, 1.54) is 29.5 Å². The molecule has 262 valence electrons. The second-order valence-electron chi connectivity index (χ2n) is 14.4. The number of aryl methyl sites for hydroxylation is 2. The summed E-state index contributed by atoms with van der Waals surface area (Å²) >= 11 is 0.